The lowest BCUT2D eigenvalue weighted by molar-refractivity contribution is -0.114. The van der Waals surface area contributed by atoms with Crippen molar-refractivity contribution in [3.8, 4) is 11.3 Å². The van der Waals surface area contributed by atoms with Crippen LogP contribution >= 0.6 is 11.3 Å². The molecule has 0 spiro atoms. The number of anilines is 2. The molecule has 0 radical (unpaired) electrons. The maximum absolute atomic E-state index is 14.4. The molecule has 170 valence electrons. The molecule has 1 aromatic carbocycles. The summed E-state index contributed by atoms with van der Waals surface area (Å²) >= 11 is 1.06. The summed E-state index contributed by atoms with van der Waals surface area (Å²) in [7, 11) is -3.93. The fraction of sp³-hybridized carbons (Fsp3) is 0.250. The van der Waals surface area contributed by atoms with Gasteiger partial charge in [0.25, 0.3) is 15.9 Å². The maximum atomic E-state index is 14.4. The van der Waals surface area contributed by atoms with Crippen LogP contribution in [0.25, 0.3) is 11.3 Å². The molecule has 0 fully saturated rings. The third-order valence-corrected chi connectivity index (χ3v) is 6.19. The first-order chi connectivity index (χ1) is 14.8. The SMILES string of the molecule is CC(=O)Nc1ccc(-c2csc(NC(=O)c3ccc(S(=O)(=O)NC(C)(C)C)o3)n2)c(F)c1. The van der Waals surface area contributed by atoms with Gasteiger partial charge in [0.1, 0.15) is 5.82 Å². The summed E-state index contributed by atoms with van der Waals surface area (Å²) in [5, 5.41) is 6.32. The number of nitrogens with one attached hydrogen (secondary N) is 3. The smallest absolute Gasteiger partial charge is 0.293 e. The van der Waals surface area contributed by atoms with Crippen LogP contribution in [-0.4, -0.2) is 30.8 Å². The largest absolute Gasteiger partial charge is 0.438 e. The molecule has 3 aromatic rings. The Kier molecular flexibility index (Phi) is 6.49. The van der Waals surface area contributed by atoms with Crippen molar-refractivity contribution < 1.29 is 26.8 Å². The Balaban J connectivity index is 1.73. The van der Waals surface area contributed by atoms with Crippen molar-refractivity contribution in [1.82, 2.24) is 9.71 Å². The van der Waals surface area contributed by atoms with Gasteiger partial charge in [-0.05, 0) is 51.1 Å². The molecule has 3 N–H and O–H groups in total. The number of halogens is 1. The lowest BCUT2D eigenvalue weighted by atomic mass is 10.1. The van der Waals surface area contributed by atoms with Gasteiger partial charge in [0.05, 0.1) is 5.69 Å². The molecule has 0 saturated heterocycles. The van der Waals surface area contributed by atoms with Gasteiger partial charge in [-0.25, -0.2) is 22.5 Å². The van der Waals surface area contributed by atoms with Crippen molar-refractivity contribution >= 4 is 44.0 Å². The van der Waals surface area contributed by atoms with Gasteiger partial charge in [0, 0.05) is 29.1 Å². The average molecular weight is 481 g/mol. The molecule has 0 atom stereocenters. The molecule has 9 nitrogen and oxygen atoms in total. The van der Waals surface area contributed by atoms with Gasteiger partial charge in [-0.1, -0.05) is 0 Å². The van der Waals surface area contributed by atoms with Crippen LogP contribution in [0.15, 0.2) is 45.2 Å². The summed E-state index contributed by atoms with van der Waals surface area (Å²) < 4.78 is 46.7. The predicted molar refractivity (Wildman–Crippen MR) is 119 cm³/mol. The highest BCUT2D eigenvalue weighted by molar-refractivity contribution is 7.89. The van der Waals surface area contributed by atoms with E-state index in [2.05, 4.69) is 20.3 Å². The van der Waals surface area contributed by atoms with E-state index in [-0.39, 0.29) is 28.1 Å². The first kappa shape index (κ1) is 23.6. The molecule has 0 aliphatic heterocycles. The number of thiazole rings is 1. The molecule has 0 aliphatic carbocycles. The number of nitrogens with zero attached hydrogens (tertiary/aromatic N) is 1. The third kappa shape index (κ3) is 5.78. The minimum atomic E-state index is -3.93. The highest BCUT2D eigenvalue weighted by Crippen LogP contribution is 2.29. The second-order valence-electron chi connectivity index (χ2n) is 7.84. The highest BCUT2D eigenvalue weighted by Gasteiger charge is 2.26. The van der Waals surface area contributed by atoms with Crippen LogP contribution < -0.4 is 15.4 Å². The average Bonchev–Trinajstić information content (AvgIpc) is 3.29. The number of benzene rings is 1. The summed E-state index contributed by atoms with van der Waals surface area (Å²) in [6, 6.07) is 6.59. The molecular formula is C20H21FN4O5S2. The number of hydrogen-bond acceptors (Lipinski definition) is 7. The van der Waals surface area contributed by atoms with Gasteiger partial charge in [0.15, 0.2) is 10.9 Å². The van der Waals surface area contributed by atoms with Gasteiger partial charge in [-0.2, -0.15) is 0 Å². The van der Waals surface area contributed by atoms with E-state index in [1.807, 2.05) is 0 Å². The summed E-state index contributed by atoms with van der Waals surface area (Å²) in [6.07, 6.45) is 0. The van der Waals surface area contributed by atoms with Crippen LogP contribution in [0, 0.1) is 5.82 Å². The van der Waals surface area contributed by atoms with Crippen molar-refractivity contribution in [3.05, 3.63) is 47.3 Å². The van der Waals surface area contributed by atoms with Crippen LogP contribution in [0.5, 0.6) is 0 Å². The van der Waals surface area contributed by atoms with E-state index < -0.39 is 32.4 Å². The van der Waals surface area contributed by atoms with E-state index in [1.54, 1.807) is 26.2 Å². The minimum Gasteiger partial charge on any atom is -0.438 e. The van der Waals surface area contributed by atoms with Gasteiger partial charge >= 0.3 is 0 Å². The van der Waals surface area contributed by atoms with Crippen LogP contribution in [-0.2, 0) is 14.8 Å². The summed E-state index contributed by atoms with van der Waals surface area (Å²) in [5.41, 5.74) is 0.0674. The topological polar surface area (TPSA) is 130 Å². The van der Waals surface area contributed by atoms with Gasteiger partial charge in [-0.3, -0.25) is 14.9 Å². The van der Waals surface area contributed by atoms with E-state index in [1.165, 1.54) is 37.3 Å². The zero-order valence-electron chi connectivity index (χ0n) is 17.6. The van der Waals surface area contributed by atoms with Crippen molar-refractivity contribution in [2.45, 2.75) is 38.3 Å². The number of carbonyl (C=O) groups is 2. The van der Waals surface area contributed by atoms with Crippen molar-refractivity contribution in [3.63, 3.8) is 0 Å². The molecule has 12 heteroatoms. The van der Waals surface area contributed by atoms with Crippen LogP contribution in [0.4, 0.5) is 15.2 Å². The Bertz CT molecular complexity index is 1280. The molecule has 2 heterocycles. The van der Waals surface area contributed by atoms with E-state index in [4.69, 9.17) is 4.42 Å². The summed E-state index contributed by atoms with van der Waals surface area (Å²) in [4.78, 5) is 27.7. The molecule has 0 bridgehead atoms. The number of amides is 2. The van der Waals surface area contributed by atoms with Gasteiger partial charge in [-0.15, -0.1) is 11.3 Å². The monoisotopic (exact) mass is 480 g/mol. The summed E-state index contributed by atoms with van der Waals surface area (Å²) in [6.45, 7) is 6.35. The third-order valence-electron chi connectivity index (χ3n) is 3.80. The summed E-state index contributed by atoms with van der Waals surface area (Å²) in [5.74, 6) is -1.84. The quantitative estimate of drug-likeness (QED) is 0.492. The zero-order chi connectivity index (χ0) is 23.7. The Morgan fingerprint density at radius 2 is 1.84 bits per heavy atom. The number of hydrogen-bond donors (Lipinski definition) is 3. The van der Waals surface area contributed by atoms with E-state index >= 15 is 0 Å². The number of sulfonamides is 1. The van der Waals surface area contributed by atoms with E-state index in [0.29, 0.717) is 5.69 Å². The Labute approximate surface area is 188 Å². The molecular weight excluding hydrogens is 459 g/mol. The van der Waals surface area contributed by atoms with E-state index in [0.717, 1.165) is 11.3 Å². The lowest BCUT2D eigenvalue weighted by Gasteiger charge is -2.18. The number of aromatic nitrogens is 1. The number of rotatable bonds is 6. The van der Waals surface area contributed by atoms with Crippen LogP contribution in [0.1, 0.15) is 38.2 Å². The highest BCUT2D eigenvalue weighted by atomic mass is 32.2. The molecule has 0 aliphatic rings. The van der Waals surface area contributed by atoms with Crippen molar-refractivity contribution in [2.75, 3.05) is 10.6 Å². The number of furan rings is 1. The lowest BCUT2D eigenvalue weighted by Crippen LogP contribution is -2.40. The normalized spacial score (nSPS) is 11.9. The molecule has 0 unspecified atom stereocenters. The Morgan fingerprint density at radius 3 is 2.47 bits per heavy atom. The van der Waals surface area contributed by atoms with Crippen molar-refractivity contribution in [2.24, 2.45) is 0 Å². The predicted octanol–water partition coefficient (Wildman–Crippen LogP) is 3.83. The van der Waals surface area contributed by atoms with Crippen LogP contribution in [0.2, 0.25) is 0 Å². The fourth-order valence-electron chi connectivity index (χ4n) is 2.66. The second-order valence-corrected chi connectivity index (χ2v) is 10.3. The molecule has 3 rings (SSSR count). The zero-order valence-corrected chi connectivity index (χ0v) is 19.3. The minimum absolute atomic E-state index is 0.170. The second kappa shape index (κ2) is 8.81. The van der Waals surface area contributed by atoms with Crippen molar-refractivity contribution in [1.29, 1.82) is 0 Å². The van der Waals surface area contributed by atoms with E-state index in [9.17, 15) is 22.4 Å². The van der Waals surface area contributed by atoms with Crippen LogP contribution in [0.3, 0.4) is 0 Å². The van der Waals surface area contributed by atoms with Gasteiger partial charge in [0.2, 0.25) is 11.0 Å². The molecule has 2 aromatic heterocycles. The van der Waals surface area contributed by atoms with Gasteiger partial charge < -0.3 is 9.73 Å². The first-order valence-electron chi connectivity index (χ1n) is 9.32. The molecule has 0 saturated carbocycles. The fourth-order valence-corrected chi connectivity index (χ4v) is 4.72. The number of carbonyl (C=O) groups excluding carboxylic acids is 2. The standard InChI is InChI=1S/C20H21FN4O5S2/c1-11(26)22-12-5-6-13(14(21)9-12)15-10-31-19(23-15)24-18(27)16-7-8-17(30-16)32(28,29)25-20(2,3)4/h5-10,25H,1-4H3,(H,22,26)(H,23,24,27). The Morgan fingerprint density at radius 1 is 1.12 bits per heavy atom. The molecule has 2 amide bonds. The maximum Gasteiger partial charge on any atom is 0.293 e. The first-order valence-corrected chi connectivity index (χ1v) is 11.7. The molecule has 32 heavy (non-hydrogen) atoms. The Hall–Kier alpha value is -3.09.